The van der Waals surface area contributed by atoms with Crippen molar-refractivity contribution in [1.82, 2.24) is 9.55 Å². The van der Waals surface area contributed by atoms with E-state index in [1.54, 1.807) is 18.1 Å². The topological polar surface area (TPSA) is 69.0 Å². The average Bonchev–Trinajstić information content (AvgIpc) is 3.25. The summed E-state index contributed by atoms with van der Waals surface area (Å²) in [5.41, 5.74) is 3.82. The minimum atomic E-state index is -0.198. The number of benzene rings is 2. The molecule has 4 rings (SSSR count). The lowest BCUT2D eigenvalue weighted by Gasteiger charge is -2.17. The van der Waals surface area contributed by atoms with Crippen molar-refractivity contribution in [2.75, 3.05) is 25.2 Å². The second kappa shape index (κ2) is 8.92. The molecule has 1 aromatic heterocycles. The summed E-state index contributed by atoms with van der Waals surface area (Å²) >= 11 is 0. The van der Waals surface area contributed by atoms with Crippen LogP contribution in [0.25, 0.3) is 11.0 Å². The predicted octanol–water partition coefficient (Wildman–Crippen LogP) is 3.53. The molecule has 2 aromatic carbocycles. The molecule has 30 heavy (non-hydrogen) atoms. The van der Waals surface area contributed by atoms with E-state index in [0.29, 0.717) is 18.9 Å². The molecule has 1 aliphatic rings. The molecule has 0 saturated heterocycles. The summed E-state index contributed by atoms with van der Waals surface area (Å²) in [5.74, 6) is 0.625. The van der Waals surface area contributed by atoms with Crippen molar-refractivity contribution >= 4 is 28.3 Å². The van der Waals surface area contributed by atoms with Gasteiger partial charge in [-0.3, -0.25) is 9.69 Å². The molecule has 1 amide bonds. The number of imidazole rings is 1. The first-order valence-corrected chi connectivity index (χ1v) is 9.89. The number of hydrogen-bond donors (Lipinski definition) is 0. The third-order valence-electron chi connectivity index (χ3n) is 5.01. The van der Waals surface area contributed by atoms with Crippen LogP contribution in [-0.2, 0) is 27.5 Å². The molecular weight excluding hydrogens is 380 g/mol. The van der Waals surface area contributed by atoms with Gasteiger partial charge in [-0.15, -0.1) is 0 Å². The number of carbonyl (C=O) groups excluding carboxylic acids is 1. The number of rotatable bonds is 9. The zero-order valence-electron chi connectivity index (χ0n) is 17.0. The summed E-state index contributed by atoms with van der Waals surface area (Å²) in [6, 6.07) is 15.6. The molecular formula is C23H24N4O3. The fourth-order valence-corrected chi connectivity index (χ4v) is 3.67. The predicted molar refractivity (Wildman–Crippen MR) is 117 cm³/mol. The molecule has 0 unspecified atom stereocenters. The number of aromatic nitrogens is 2. The molecule has 0 radical (unpaired) electrons. The van der Waals surface area contributed by atoms with E-state index < -0.39 is 0 Å². The molecule has 0 saturated carbocycles. The highest BCUT2D eigenvalue weighted by Gasteiger charge is 2.35. The van der Waals surface area contributed by atoms with Crippen LogP contribution < -0.4 is 4.90 Å². The second-order valence-corrected chi connectivity index (χ2v) is 6.95. The lowest BCUT2D eigenvalue weighted by molar-refractivity contribution is -0.112. The number of aryl methyl sites for hydroxylation is 1. The van der Waals surface area contributed by atoms with E-state index in [0.717, 1.165) is 41.1 Å². The standard InChI is InChI=1S/C23H24N4O3/c1-3-14-30-25-22-17-9-4-6-11-19(17)27(23(22)28)16-21-24-18-10-5-7-12-20(18)26(21)13-8-15-29-2/h3-7,9-12H,1,8,13-16H2,2H3/b25-22+. The molecule has 0 atom stereocenters. The average molecular weight is 404 g/mol. The highest BCUT2D eigenvalue weighted by molar-refractivity contribution is 6.54. The number of fused-ring (bicyclic) bond motifs is 2. The Morgan fingerprint density at radius 2 is 1.97 bits per heavy atom. The van der Waals surface area contributed by atoms with Gasteiger partial charge in [0.25, 0.3) is 5.91 Å². The van der Waals surface area contributed by atoms with E-state index in [4.69, 9.17) is 14.6 Å². The molecule has 0 aliphatic carbocycles. The Morgan fingerprint density at radius 3 is 2.80 bits per heavy atom. The Labute approximate surface area is 175 Å². The molecule has 0 fully saturated rings. The molecule has 0 bridgehead atoms. The summed E-state index contributed by atoms with van der Waals surface area (Å²) in [4.78, 5) is 24.9. The number of nitrogens with zero attached hydrogens (tertiary/aromatic N) is 4. The normalized spacial score (nSPS) is 14.5. The lowest BCUT2D eigenvalue weighted by atomic mass is 10.1. The summed E-state index contributed by atoms with van der Waals surface area (Å²) in [7, 11) is 1.70. The van der Waals surface area contributed by atoms with Crippen LogP contribution in [0.1, 0.15) is 17.8 Å². The smallest absolute Gasteiger partial charge is 0.281 e. The highest BCUT2D eigenvalue weighted by Crippen LogP contribution is 2.31. The largest absolute Gasteiger partial charge is 0.391 e. The Balaban J connectivity index is 1.69. The van der Waals surface area contributed by atoms with Gasteiger partial charge in [-0.25, -0.2) is 4.98 Å². The SMILES string of the molecule is C=CCO/N=C1/C(=O)N(Cc2nc3ccccc3n2CCCOC)c2ccccc21. The Morgan fingerprint density at radius 1 is 1.17 bits per heavy atom. The minimum absolute atomic E-state index is 0.198. The quantitative estimate of drug-likeness (QED) is 0.311. The van der Waals surface area contributed by atoms with E-state index in [1.165, 1.54) is 0 Å². The van der Waals surface area contributed by atoms with Crippen molar-refractivity contribution in [2.45, 2.75) is 19.5 Å². The van der Waals surface area contributed by atoms with Crippen molar-refractivity contribution in [3.63, 3.8) is 0 Å². The second-order valence-electron chi connectivity index (χ2n) is 6.95. The van der Waals surface area contributed by atoms with Crippen LogP contribution in [0.3, 0.4) is 0 Å². The van der Waals surface area contributed by atoms with Crippen LogP contribution in [0.15, 0.2) is 66.3 Å². The summed E-state index contributed by atoms with van der Waals surface area (Å²) < 4.78 is 7.38. The molecule has 154 valence electrons. The highest BCUT2D eigenvalue weighted by atomic mass is 16.6. The Hall–Kier alpha value is -3.45. The first kappa shape index (κ1) is 19.8. The molecule has 0 N–H and O–H groups in total. The number of carbonyl (C=O) groups is 1. The minimum Gasteiger partial charge on any atom is -0.391 e. The van der Waals surface area contributed by atoms with Gasteiger partial charge in [-0.1, -0.05) is 48.1 Å². The number of para-hydroxylation sites is 3. The van der Waals surface area contributed by atoms with Crippen molar-refractivity contribution in [2.24, 2.45) is 5.16 Å². The van der Waals surface area contributed by atoms with Gasteiger partial charge in [0.1, 0.15) is 12.4 Å². The first-order chi connectivity index (χ1) is 14.7. The van der Waals surface area contributed by atoms with E-state index in [9.17, 15) is 4.79 Å². The zero-order chi connectivity index (χ0) is 20.9. The molecule has 0 spiro atoms. The van der Waals surface area contributed by atoms with Gasteiger partial charge in [0.2, 0.25) is 0 Å². The van der Waals surface area contributed by atoms with Crippen molar-refractivity contribution in [3.8, 4) is 0 Å². The van der Waals surface area contributed by atoms with Crippen LogP contribution in [0.5, 0.6) is 0 Å². The number of hydrogen-bond acceptors (Lipinski definition) is 5. The maximum Gasteiger partial charge on any atom is 0.281 e. The van der Waals surface area contributed by atoms with E-state index in [1.807, 2.05) is 48.5 Å². The van der Waals surface area contributed by atoms with Gasteiger partial charge in [0.15, 0.2) is 5.71 Å². The summed E-state index contributed by atoms with van der Waals surface area (Å²) in [5, 5.41) is 4.06. The third kappa shape index (κ3) is 3.71. The molecule has 7 nitrogen and oxygen atoms in total. The Kier molecular flexibility index (Phi) is 5.90. The Bertz CT molecular complexity index is 1100. The number of amides is 1. The van der Waals surface area contributed by atoms with Crippen LogP contribution in [-0.4, -0.2) is 41.5 Å². The van der Waals surface area contributed by atoms with Gasteiger partial charge in [0.05, 0.1) is 23.3 Å². The first-order valence-electron chi connectivity index (χ1n) is 9.89. The molecule has 1 aliphatic heterocycles. The lowest BCUT2D eigenvalue weighted by Crippen LogP contribution is -2.31. The molecule has 7 heteroatoms. The van der Waals surface area contributed by atoms with Gasteiger partial charge >= 0.3 is 0 Å². The van der Waals surface area contributed by atoms with E-state index >= 15 is 0 Å². The monoisotopic (exact) mass is 404 g/mol. The maximum atomic E-state index is 13.2. The number of ether oxygens (including phenoxy) is 1. The fraction of sp³-hybridized carbons (Fsp3) is 0.261. The van der Waals surface area contributed by atoms with Crippen molar-refractivity contribution in [1.29, 1.82) is 0 Å². The van der Waals surface area contributed by atoms with Crippen molar-refractivity contribution in [3.05, 3.63) is 72.6 Å². The zero-order valence-corrected chi connectivity index (χ0v) is 17.0. The number of methoxy groups -OCH3 is 1. The van der Waals surface area contributed by atoms with E-state index in [-0.39, 0.29) is 12.5 Å². The summed E-state index contributed by atoms with van der Waals surface area (Å²) in [6.07, 6.45) is 2.45. The number of anilines is 1. The van der Waals surface area contributed by atoms with Gasteiger partial charge in [-0.05, 0) is 24.6 Å². The van der Waals surface area contributed by atoms with Gasteiger partial charge in [0, 0.05) is 25.8 Å². The van der Waals surface area contributed by atoms with Gasteiger partial charge in [-0.2, -0.15) is 0 Å². The number of oxime groups is 1. The van der Waals surface area contributed by atoms with Crippen molar-refractivity contribution < 1.29 is 14.4 Å². The van der Waals surface area contributed by atoms with Crippen LogP contribution in [0, 0.1) is 0 Å². The fourth-order valence-electron chi connectivity index (χ4n) is 3.67. The van der Waals surface area contributed by atoms with Crippen LogP contribution >= 0.6 is 0 Å². The summed E-state index contributed by atoms with van der Waals surface area (Å²) in [6.45, 7) is 5.62. The maximum absolute atomic E-state index is 13.2. The van der Waals surface area contributed by atoms with Gasteiger partial charge < -0.3 is 14.1 Å². The molecule has 2 heterocycles. The van der Waals surface area contributed by atoms with Crippen LogP contribution in [0.2, 0.25) is 0 Å². The van der Waals surface area contributed by atoms with Crippen LogP contribution in [0.4, 0.5) is 5.69 Å². The third-order valence-corrected chi connectivity index (χ3v) is 5.01. The van der Waals surface area contributed by atoms with E-state index in [2.05, 4.69) is 16.3 Å². The molecule has 3 aromatic rings.